The number of Topliss-reactive ketones (excluding diaryl/α,β-unsaturated/α-hetero) is 2. The van der Waals surface area contributed by atoms with Crippen molar-refractivity contribution in [3.8, 4) is 0 Å². The van der Waals surface area contributed by atoms with E-state index in [1.807, 2.05) is 6.07 Å². The molecular weight excluding hydrogens is 252 g/mol. The minimum atomic E-state index is -0.0193. The molecule has 1 aromatic rings. The maximum atomic E-state index is 12.7. The number of benzene rings is 1. The van der Waals surface area contributed by atoms with Gasteiger partial charge in [-0.25, -0.2) is 0 Å². The molecule has 1 saturated heterocycles. The van der Waals surface area contributed by atoms with Gasteiger partial charge in [0.1, 0.15) is 0 Å². The topological polar surface area (TPSA) is 40.6 Å². The third-order valence-corrected chi connectivity index (χ3v) is 4.15. The second kappa shape index (κ2) is 4.87. The Kier molecular flexibility index (Phi) is 3.18. The van der Waals surface area contributed by atoms with E-state index < -0.39 is 0 Å². The number of rotatable bonds is 1. The number of carbonyl (C=O) groups is 2. The van der Waals surface area contributed by atoms with Gasteiger partial charge in [0.15, 0.2) is 5.78 Å². The third-order valence-electron chi connectivity index (χ3n) is 4.15. The van der Waals surface area contributed by atoms with Gasteiger partial charge in [0.2, 0.25) is 5.78 Å². The van der Waals surface area contributed by atoms with E-state index in [1.54, 1.807) is 25.1 Å². The maximum absolute atomic E-state index is 12.7. The molecule has 4 heteroatoms. The van der Waals surface area contributed by atoms with Gasteiger partial charge >= 0.3 is 0 Å². The minimum Gasteiger partial charge on any atom is -0.365 e. The average Bonchev–Trinajstić information content (AvgIpc) is 2.47. The van der Waals surface area contributed by atoms with Crippen molar-refractivity contribution < 1.29 is 9.59 Å². The van der Waals surface area contributed by atoms with Gasteiger partial charge in [0.05, 0.1) is 5.70 Å². The molecular formula is C16H18N2O2. The van der Waals surface area contributed by atoms with Gasteiger partial charge in [0.25, 0.3) is 0 Å². The van der Waals surface area contributed by atoms with Crippen LogP contribution in [0.2, 0.25) is 0 Å². The summed E-state index contributed by atoms with van der Waals surface area (Å²) in [4.78, 5) is 29.4. The predicted molar refractivity (Wildman–Crippen MR) is 76.9 cm³/mol. The van der Waals surface area contributed by atoms with Gasteiger partial charge in [0, 0.05) is 42.9 Å². The van der Waals surface area contributed by atoms with Gasteiger partial charge in [-0.2, -0.15) is 0 Å². The van der Waals surface area contributed by atoms with Crippen molar-refractivity contribution in [2.24, 2.45) is 0 Å². The lowest BCUT2D eigenvalue weighted by Gasteiger charge is -2.37. The van der Waals surface area contributed by atoms with Crippen LogP contribution < -0.4 is 0 Å². The van der Waals surface area contributed by atoms with Crippen LogP contribution in [0.1, 0.15) is 27.6 Å². The molecule has 1 aliphatic carbocycles. The lowest BCUT2D eigenvalue weighted by molar-refractivity contribution is 0.0916. The third kappa shape index (κ3) is 1.96. The first-order valence-corrected chi connectivity index (χ1v) is 6.92. The zero-order valence-electron chi connectivity index (χ0n) is 11.8. The summed E-state index contributed by atoms with van der Waals surface area (Å²) in [6.45, 7) is 5.19. The molecule has 2 aliphatic rings. The molecule has 0 bridgehead atoms. The Hall–Kier alpha value is -1.94. The summed E-state index contributed by atoms with van der Waals surface area (Å²) in [6.07, 6.45) is 0. The zero-order valence-corrected chi connectivity index (χ0v) is 11.8. The van der Waals surface area contributed by atoms with Crippen LogP contribution in [-0.4, -0.2) is 54.6 Å². The standard InChI is InChI=1S/C16H18N2O2/c1-11-14(18-9-7-17(2)8-10-18)16(20)13-6-4-3-5-12(13)15(11)19/h3-6H,7-10H2,1-2H3. The summed E-state index contributed by atoms with van der Waals surface area (Å²) >= 11 is 0. The van der Waals surface area contributed by atoms with Crippen LogP contribution in [0, 0.1) is 0 Å². The Morgan fingerprint density at radius 3 is 2.05 bits per heavy atom. The van der Waals surface area contributed by atoms with E-state index in [0.29, 0.717) is 22.4 Å². The number of fused-ring (bicyclic) bond motifs is 1. The molecule has 4 nitrogen and oxygen atoms in total. The van der Waals surface area contributed by atoms with Crippen LogP contribution in [0.25, 0.3) is 0 Å². The Morgan fingerprint density at radius 2 is 1.45 bits per heavy atom. The fourth-order valence-corrected chi connectivity index (χ4v) is 2.90. The Labute approximate surface area is 118 Å². The SMILES string of the molecule is CC1=C(N2CCN(C)CC2)C(=O)c2ccccc2C1=O. The number of nitrogens with zero attached hydrogens (tertiary/aromatic N) is 2. The number of carbonyl (C=O) groups excluding carboxylic acids is 2. The predicted octanol–water partition coefficient (Wildman–Crippen LogP) is 1.59. The van der Waals surface area contributed by atoms with Crippen molar-refractivity contribution in [2.45, 2.75) is 6.92 Å². The van der Waals surface area contributed by atoms with Crippen LogP contribution in [0.3, 0.4) is 0 Å². The minimum absolute atomic E-state index is 0.0118. The second-order valence-corrected chi connectivity index (χ2v) is 5.47. The van der Waals surface area contributed by atoms with Crippen molar-refractivity contribution in [1.82, 2.24) is 9.80 Å². The lowest BCUT2D eigenvalue weighted by atomic mass is 9.87. The molecule has 1 aromatic carbocycles. The molecule has 0 atom stereocenters. The van der Waals surface area contributed by atoms with Gasteiger partial charge < -0.3 is 9.80 Å². The zero-order chi connectivity index (χ0) is 14.3. The van der Waals surface area contributed by atoms with Crippen molar-refractivity contribution >= 4 is 11.6 Å². The molecule has 20 heavy (non-hydrogen) atoms. The van der Waals surface area contributed by atoms with Crippen LogP contribution in [0.5, 0.6) is 0 Å². The molecule has 1 fully saturated rings. The molecule has 0 aromatic heterocycles. The molecule has 1 heterocycles. The second-order valence-electron chi connectivity index (χ2n) is 5.47. The number of ketones is 2. The Bertz CT molecular complexity index is 611. The molecule has 3 rings (SSSR count). The summed E-state index contributed by atoms with van der Waals surface area (Å²) in [5.74, 6) is -0.0311. The molecule has 0 saturated carbocycles. The number of piperazine rings is 1. The van der Waals surface area contributed by atoms with Crippen LogP contribution in [0.4, 0.5) is 0 Å². The normalized spacial score (nSPS) is 20.4. The van der Waals surface area contributed by atoms with E-state index >= 15 is 0 Å². The quantitative estimate of drug-likeness (QED) is 0.777. The van der Waals surface area contributed by atoms with Crippen molar-refractivity contribution in [1.29, 1.82) is 0 Å². The van der Waals surface area contributed by atoms with E-state index in [2.05, 4.69) is 16.8 Å². The fraction of sp³-hybridized carbons (Fsp3) is 0.375. The molecule has 0 amide bonds. The van der Waals surface area contributed by atoms with Gasteiger partial charge in [-0.1, -0.05) is 24.3 Å². The monoisotopic (exact) mass is 270 g/mol. The molecule has 104 valence electrons. The Morgan fingerprint density at radius 1 is 0.900 bits per heavy atom. The molecule has 0 spiro atoms. The highest BCUT2D eigenvalue weighted by Gasteiger charge is 2.33. The van der Waals surface area contributed by atoms with E-state index in [0.717, 1.165) is 26.2 Å². The number of likely N-dealkylation sites (N-methyl/N-ethyl adjacent to an activating group) is 1. The summed E-state index contributed by atoms with van der Waals surface area (Å²) in [7, 11) is 2.07. The maximum Gasteiger partial charge on any atom is 0.210 e. The van der Waals surface area contributed by atoms with Crippen LogP contribution in [-0.2, 0) is 0 Å². The van der Waals surface area contributed by atoms with Crippen molar-refractivity contribution in [3.63, 3.8) is 0 Å². The van der Waals surface area contributed by atoms with Gasteiger partial charge in [-0.3, -0.25) is 9.59 Å². The van der Waals surface area contributed by atoms with Crippen LogP contribution in [0.15, 0.2) is 35.5 Å². The molecule has 0 unspecified atom stereocenters. The molecule has 0 radical (unpaired) electrons. The summed E-state index contributed by atoms with van der Waals surface area (Å²) in [5, 5.41) is 0. The van der Waals surface area contributed by atoms with Gasteiger partial charge in [-0.15, -0.1) is 0 Å². The van der Waals surface area contributed by atoms with E-state index in [9.17, 15) is 9.59 Å². The van der Waals surface area contributed by atoms with Crippen molar-refractivity contribution in [2.75, 3.05) is 33.2 Å². The first-order valence-electron chi connectivity index (χ1n) is 6.92. The van der Waals surface area contributed by atoms with Gasteiger partial charge in [-0.05, 0) is 14.0 Å². The average molecular weight is 270 g/mol. The first-order chi connectivity index (χ1) is 9.59. The highest BCUT2D eigenvalue weighted by atomic mass is 16.1. The van der Waals surface area contributed by atoms with E-state index in [1.165, 1.54) is 0 Å². The smallest absolute Gasteiger partial charge is 0.210 e. The highest BCUT2D eigenvalue weighted by Crippen LogP contribution is 2.28. The largest absolute Gasteiger partial charge is 0.365 e. The lowest BCUT2D eigenvalue weighted by Crippen LogP contribution is -2.46. The van der Waals surface area contributed by atoms with E-state index in [4.69, 9.17) is 0 Å². The Balaban J connectivity index is 2.01. The molecule has 1 aliphatic heterocycles. The first kappa shape index (κ1) is 13.1. The number of allylic oxidation sites excluding steroid dienone is 2. The highest BCUT2D eigenvalue weighted by molar-refractivity contribution is 6.26. The summed E-state index contributed by atoms with van der Waals surface area (Å²) < 4.78 is 0. The number of hydrogen-bond acceptors (Lipinski definition) is 4. The summed E-state index contributed by atoms with van der Waals surface area (Å²) in [5.41, 5.74) is 2.25. The van der Waals surface area contributed by atoms with Crippen molar-refractivity contribution in [3.05, 3.63) is 46.7 Å². The molecule has 0 N–H and O–H groups in total. The van der Waals surface area contributed by atoms with Crippen LogP contribution >= 0.6 is 0 Å². The summed E-state index contributed by atoms with van der Waals surface area (Å²) in [6, 6.07) is 7.10. The van der Waals surface area contributed by atoms with E-state index in [-0.39, 0.29) is 11.6 Å². The fourth-order valence-electron chi connectivity index (χ4n) is 2.90. The number of hydrogen-bond donors (Lipinski definition) is 0.